The molecule has 1 fully saturated rings. The Hall–Kier alpha value is -1.09. The molecule has 15 heavy (non-hydrogen) atoms. The molecular formula is C12H18N2O. The van der Waals surface area contributed by atoms with Crippen molar-refractivity contribution in [3.63, 3.8) is 0 Å². The van der Waals surface area contributed by atoms with Crippen molar-refractivity contribution in [3.8, 4) is 0 Å². The van der Waals surface area contributed by atoms with E-state index in [1.165, 1.54) is 6.42 Å². The van der Waals surface area contributed by atoms with Crippen molar-refractivity contribution < 1.29 is 5.11 Å². The smallest absolute Gasteiger partial charge is 0.128 e. The van der Waals surface area contributed by atoms with E-state index >= 15 is 0 Å². The van der Waals surface area contributed by atoms with E-state index in [0.717, 1.165) is 24.6 Å². The maximum atomic E-state index is 9.03. The molecule has 1 aromatic heterocycles. The number of aliphatic hydroxyl groups is 1. The van der Waals surface area contributed by atoms with E-state index in [1.54, 1.807) is 0 Å². The molecule has 0 atom stereocenters. The van der Waals surface area contributed by atoms with Gasteiger partial charge in [-0.3, -0.25) is 0 Å². The van der Waals surface area contributed by atoms with Crippen LogP contribution in [0.3, 0.4) is 0 Å². The Balaban J connectivity index is 2.16. The maximum Gasteiger partial charge on any atom is 0.128 e. The van der Waals surface area contributed by atoms with Gasteiger partial charge in [-0.25, -0.2) is 4.98 Å². The fourth-order valence-corrected chi connectivity index (χ4v) is 2.04. The second kappa shape index (κ2) is 3.81. The van der Waals surface area contributed by atoms with Crippen LogP contribution in [0.1, 0.15) is 26.0 Å². The van der Waals surface area contributed by atoms with Gasteiger partial charge in [-0.1, -0.05) is 19.9 Å². The van der Waals surface area contributed by atoms with E-state index in [2.05, 4.69) is 23.7 Å². The van der Waals surface area contributed by atoms with Crippen LogP contribution in [0.5, 0.6) is 0 Å². The van der Waals surface area contributed by atoms with Gasteiger partial charge in [-0.15, -0.1) is 0 Å². The highest BCUT2D eigenvalue weighted by molar-refractivity contribution is 5.40. The third kappa shape index (κ3) is 2.29. The monoisotopic (exact) mass is 206 g/mol. The van der Waals surface area contributed by atoms with Gasteiger partial charge in [-0.05, 0) is 24.0 Å². The molecule has 0 aliphatic carbocycles. The lowest BCUT2D eigenvalue weighted by molar-refractivity contribution is 0.277. The zero-order valence-corrected chi connectivity index (χ0v) is 9.40. The molecule has 0 spiro atoms. The van der Waals surface area contributed by atoms with Gasteiger partial charge in [0.1, 0.15) is 5.82 Å². The van der Waals surface area contributed by atoms with Gasteiger partial charge in [0, 0.05) is 13.1 Å². The molecular weight excluding hydrogens is 188 g/mol. The van der Waals surface area contributed by atoms with Crippen molar-refractivity contribution in [1.29, 1.82) is 0 Å². The number of aromatic nitrogens is 1. The van der Waals surface area contributed by atoms with E-state index in [9.17, 15) is 0 Å². The molecule has 1 aromatic rings. The lowest BCUT2D eigenvalue weighted by atomic mass is 9.93. The van der Waals surface area contributed by atoms with Crippen molar-refractivity contribution in [2.75, 3.05) is 18.0 Å². The standard InChI is InChI=1S/C12H18N2O/c1-12(2)6-7-14(9-12)11-5-3-4-10(8-15)13-11/h3-5,15H,6-9H2,1-2H3. The number of aliphatic hydroxyl groups excluding tert-OH is 1. The Morgan fingerprint density at radius 3 is 2.87 bits per heavy atom. The predicted molar refractivity (Wildman–Crippen MR) is 60.8 cm³/mol. The van der Waals surface area contributed by atoms with E-state index in [1.807, 2.05) is 18.2 Å². The van der Waals surface area contributed by atoms with Gasteiger partial charge in [0.15, 0.2) is 0 Å². The van der Waals surface area contributed by atoms with Gasteiger partial charge >= 0.3 is 0 Å². The van der Waals surface area contributed by atoms with Crippen molar-refractivity contribution >= 4 is 5.82 Å². The first-order valence-corrected chi connectivity index (χ1v) is 5.42. The van der Waals surface area contributed by atoms with Crippen LogP contribution in [0.25, 0.3) is 0 Å². The van der Waals surface area contributed by atoms with Crippen molar-refractivity contribution in [1.82, 2.24) is 4.98 Å². The normalized spacial score (nSPS) is 19.5. The molecule has 3 heteroatoms. The number of hydrogen-bond acceptors (Lipinski definition) is 3. The first-order valence-electron chi connectivity index (χ1n) is 5.42. The highest BCUT2D eigenvalue weighted by Gasteiger charge is 2.29. The molecule has 0 amide bonds. The first kappa shape index (κ1) is 10.4. The fraction of sp³-hybridized carbons (Fsp3) is 0.583. The summed E-state index contributed by atoms with van der Waals surface area (Å²) >= 11 is 0. The molecule has 3 nitrogen and oxygen atoms in total. The first-order chi connectivity index (χ1) is 7.11. The van der Waals surface area contributed by atoms with Crippen LogP contribution < -0.4 is 4.90 Å². The Morgan fingerprint density at radius 2 is 2.27 bits per heavy atom. The molecule has 2 heterocycles. The third-order valence-corrected chi connectivity index (χ3v) is 2.96. The minimum absolute atomic E-state index is 0.0189. The Morgan fingerprint density at radius 1 is 1.47 bits per heavy atom. The summed E-state index contributed by atoms with van der Waals surface area (Å²) in [5.41, 5.74) is 1.13. The molecule has 0 aromatic carbocycles. The van der Waals surface area contributed by atoms with Crippen LogP contribution in [0, 0.1) is 5.41 Å². The average Bonchev–Trinajstić information content (AvgIpc) is 2.59. The molecule has 1 N–H and O–H groups in total. The molecule has 82 valence electrons. The quantitative estimate of drug-likeness (QED) is 0.801. The zero-order valence-electron chi connectivity index (χ0n) is 9.40. The molecule has 0 unspecified atom stereocenters. The maximum absolute atomic E-state index is 9.03. The lowest BCUT2D eigenvalue weighted by Gasteiger charge is -2.20. The summed E-state index contributed by atoms with van der Waals surface area (Å²) in [6.45, 7) is 6.70. The second-order valence-corrected chi connectivity index (χ2v) is 4.98. The summed E-state index contributed by atoms with van der Waals surface area (Å²) in [6, 6.07) is 5.82. The zero-order chi connectivity index (χ0) is 10.9. The van der Waals surface area contributed by atoms with Crippen molar-refractivity contribution in [2.24, 2.45) is 5.41 Å². The molecule has 1 aliphatic rings. The number of pyridine rings is 1. The number of hydrogen-bond donors (Lipinski definition) is 1. The molecule has 1 aliphatic heterocycles. The number of rotatable bonds is 2. The molecule has 2 rings (SSSR count). The SMILES string of the molecule is CC1(C)CCN(c2cccc(CO)n2)C1. The van der Waals surface area contributed by atoms with Crippen molar-refractivity contribution in [2.45, 2.75) is 26.9 Å². The van der Waals surface area contributed by atoms with Crippen LogP contribution in [0.2, 0.25) is 0 Å². The van der Waals surface area contributed by atoms with Crippen LogP contribution in [0.15, 0.2) is 18.2 Å². The summed E-state index contributed by atoms with van der Waals surface area (Å²) in [5, 5.41) is 9.03. The molecule has 0 radical (unpaired) electrons. The largest absolute Gasteiger partial charge is 0.390 e. The molecule has 0 bridgehead atoms. The van der Waals surface area contributed by atoms with E-state index < -0.39 is 0 Å². The topological polar surface area (TPSA) is 36.4 Å². The average molecular weight is 206 g/mol. The van der Waals surface area contributed by atoms with Gasteiger partial charge in [-0.2, -0.15) is 0 Å². The van der Waals surface area contributed by atoms with Gasteiger partial charge in [0.05, 0.1) is 12.3 Å². The summed E-state index contributed by atoms with van der Waals surface area (Å²) < 4.78 is 0. The number of anilines is 1. The number of nitrogens with zero attached hydrogens (tertiary/aromatic N) is 2. The third-order valence-electron chi connectivity index (χ3n) is 2.96. The summed E-state index contributed by atoms with van der Waals surface area (Å²) in [6.07, 6.45) is 1.21. The molecule has 0 saturated carbocycles. The minimum atomic E-state index is 0.0189. The highest BCUT2D eigenvalue weighted by Crippen LogP contribution is 2.31. The predicted octanol–water partition coefficient (Wildman–Crippen LogP) is 1.81. The Bertz CT molecular complexity index is 349. The van der Waals surface area contributed by atoms with E-state index in [-0.39, 0.29) is 6.61 Å². The van der Waals surface area contributed by atoms with Crippen LogP contribution in [0.4, 0.5) is 5.82 Å². The van der Waals surface area contributed by atoms with E-state index in [4.69, 9.17) is 5.11 Å². The van der Waals surface area contributed by atoms with E-state index in [0.29, 0.717) is 5.41 Å². The van der Waals surface area contributed by atoms with Gasteiger partial charge in [0.25, 0.3) is 0 Å². The van der Waals surface area contributed by atoms with Gasteiger partial charge in [0.2, 0.25) is 0 Å². The Kier molecular flexibility index (Phi) is 2.65. The molecule has 1 saturated heterocycles. The Labute approximate surface area is 90.8 Å². The van der Waals surface area contributed by atoms with Gasteiger partial charge < -0.3 is 10.0 Å². The summed E-state index contributed by atoms with van der Waals surface area (Å²) in [5.74, 6) is 0.993. The van der Waals surface area contributed by atoms with Crippen LogP contribution in [-0.2, 0) is 6.61 Å². The highest BCUT2D eigenvalue weighted by atomic mass is 16.3. The summed E-state index contributed by atoms with van der Waals surface area (Å²) in [7, 11) is 0. The minimum Gasteiger partial charge on any atom is -0.390 e. The van der Waals surface area contributed by atoms with Crippen LogP contribution >= 0.6 is 0 Å². The van der Waals surface area contributed by atoms with Crippen LogP contribution in [-0.4, -0.2) is 23.2 Å². The van der Waals surface area contributed by atoms with Crippen molar-refractivity contribution in [3.05, 3.63) is 23.9 Å². The lowest BCUT2D eigenvalue weighted by Crippen LogP contribution is -2.23. The fourth-order valence-electron chi connectivity index (χ4n) is 2.04. The second-order valence-electron chi connectivity index (χ2n) is 4.98. The summed E-state index contributed by atoms with van der Waals surface area (Å²) in [4.78, 5) is 6.71.